The van der Waals surface area contributed by atoms with Gasteiger partial charge in [-0.2, -0.15) is 0 Å². The Bertz CT molecular complexity index is 1610. The molecule has 2 aliphatic rings. The van der Waals surface area contributed by atoms with Crippen LogP contribution in [0.25, 0.3) is 0 Å². The van der Waals surface area contributed by atoms with Crippen molar-refractivity contribution in [2.24, 2.45) is 5.41 Å². The molecule has 3 aromatic carbocycles. The van der Waals surface area contributed by atoms with Gasteiger partial charge < -0.3 is 26.4 Å². The first-order valence-electron chi connectivity index (χ1n) is 13.5. The van der Waals surface area contributed by atoms with E-state index in [-0.39, 0.29) is 27.5 Å². The third kappa shape index (κ3) is 4.99. The molecule has 1 fully saturated rings. The fourth-order valence-electron chi connectivity index (χ4n) is 6.36. The van der Waals surface area contributed by atoms with Gasteiger partial charge in [0.15, 0.2) is 0 Å². The van der Waals surface area contributed by atoms with Crippen LogP contribution in [0.2, 0.25) is 10.0 Å². The lowest BCUT2D eigenvalue weighted by atomic mass is 9.62. The Kier molecular flexibility index (Phi) is 7.72. The van der Waals surface area contributed by atoms with E-state index in [1.165, 1.54) is 24.3 Å². The number of hydrogen-bond donors (Lipinski definition) is 5. The molecule has 0 aliphatic carbocycles. The van der Waals surface area contributed by atoms with Gasteiger partial charge >= 0.3 is 5.97 Å². The van der Waals surface area contributed by atoms with Gasteiger partial charge in [-0.25, -0.2) is 9.18 Å². The zero-order valence-corrected chi connectivity index (χ0v) is 25.0. The van der Waals surface area contributed by atoms with Crippen LogP contribution in [0.15, 0.2) is 54.6 Å². The van der Waals surface area contributed by atoms with Crippen LogP contribution in [-0.4, -0.2) is 42.0 Å². The van der Waals surface area contributed by atoms with E-state index in [4.69, 9.17) is 23.2 Å². The number of anilines is 3. The Morgan fingerprint density at radius 2 is 1.81 bits per heavy atom. The minimum absolute atomic E-state index is 0.0392. The summed E-state index contributed by atoms with van der Waals surface area (Å²) in [5.41, 5.74) is 0.317. The Labute approximate surface area is 253 Å². The SMILES string of the molecule is CNc1cc(C(=O)O)ccc1NC(=O)C1N[C@@H](CC(C)(C)C)[C@@]2(C(=O)Nc3cc(Cl)ccc32)[C@H]1c1cccc(Cl)c1F. The monoisotopic (exact) mass is 612 g/mol. The molecule has 11 heteroatoms. The molecule has 42 heavy (non-hydrogen) atoms. The summed E-state index contributed by atoms with van der Waals surface area (Å²) < 4.78 is 15.9. The van der Waals surface area contributed by atoms with Crippen LogP contribution < -0.4 is 21.3 Å². The maximum Gasteiger partial charge on any atom is 0.335 e. The van der Waals surface area contributed by atoms with E-state index in [1.54, 1.807) is 37.4 Å². The standard InChI is InChI=1S/C31H31Cl2FN4O4/c1-30(2,3)14-23-31(18-10-9-16(32)13-21(18)37-29(31)42)24(17-6-5-7-19(33)25(17)34)26(38-23)27(39)36-20-11-8-15(28(40)41)12-22(20)35-4/h5-13,23-24,26,35,38H,14H2,1-4H3,(H,36,39)(H,37,42)(H,40,41)/t23-,24-,26?,31+/m0/s1. The molecule has 5 rings (SSSR count). The first kappa shape index (κ1) is 29.8. The fraction of sp³-hybridized carbons (Fsp3) is 0.323. The Morgan fingerprint density at radius 1 is 1.07 bits per heavy atom. The molecule has 0 aromatic heterocycles. The van der Waals surface area contributed by atoms with Crippen molar-refractivity contribution in [2.75, 3.05) is 23.0 Å². The highest BCUT2D eigenvalue weighted by molar-refractivity contribution is 6.31. The van der Waals surface area contributed by atoms with Crippen molar-refractivity contribution in [3.63, 3.8) is 0 Å². The number of carboxylic acids is 1. The van der Waals surface area contributed by atoms with E-state index < -0.39 is 41.1 Å². The second-order valence-electron chi connectivity index (χ2n) is 11.9. The summed E-state index contributed by atoms with van der Waals surface area (Å²) in [6, 6.07) is 12.3. The van der Waals surface area contributed by atoms with Gasteiger partial charge in [0, 0.05) is 29.7 Å². The predicted octanol–water partition coefficient (Wildman–Crippen LogP) is 6.26. The molecule has 4 atom stereocenters. The second-order valence-corrected chi connectivity index (χ2v) is 12.7. The van der Waals surface area contributed by atoms with E-state index in [1.807, 2.05) is 20.8 Å². The number of benzene rings is 3. The van der Waals surface area contributed by atoms with Crippen LogP contribution in [0.4, 0.5) is 21.5 Å². The fourth-order valence-corrected chi connectivity index (χ4v) is 6.71. The first-order chi connectivity index (χ1) is 19.8. The van der Waals surface area contributed by atoms with Crippen LogP contribution in [0.5, 0.6) is 0 Å². The molecule has 3 aromatic rings. The van der Waals surface area contributed by atoms with Crippen LogP contribution in [0.3, 0.4) is 0 Å². The number of nitrogens with one attached hydrogen (secondary N) is 4. The van der Waals surface area contributed by atoms with Crippen molar-refractivity contribution in [3.05, 3.63) is 87.2 Å². The third-order valence-corrected chi connectivity index (χ3v) is 8.54. The van der Waals surface area contributed by atoms with Gasteiger partial charge in [-0.05, 0) is 59.4 Å². The molecule has 2 amide bonds. The highest BCUT2D eigenvalue weighted by Crippen LogP contribution is 2.57. The average molecular weight is 614 g/mol. The minimum Gasteiger partial charge on any atom is -0.478 e. The number of amides is 2. The lowest BCUT2D eigenvalue weighted by Gasteiger charge is -2.37. The second kappa shape index (κ2) is 10.9. The summed E-state index contributed by atoms with van der Waals surface area (Å²) in [7, 11) is 1.61. The number of rotatable bonds is 6. The number of carbonyl (C=O) groups is 3. The summed E-state index contributed by atoms with van der Waals surface area (Å²) in [4.78, 5) is 39.9. The maximum atomic E-state index is 15.9. The van der Waals surface area contributed by atoms with Gasteiger partial charge in [0.25, 0.3) is 0 Å². The molecule has 0 saturated carbocycles. The van der Waals surface area contributed by atoms with E-state index in [2.05, 4.69) is 21.3 Å². The van der Waals surface area contributed by atoms with Gasteiger partial charge in [0.2, 0.25) is 11.8 Å². The zero-order valence-electron chi connectivity index (χ0n) is 23.4. The largest absolute Gasteiger partial charge is 0.478 e. The number of hydrogen-bond acceptors (Lipinski definition) is 5. The molecular formula is C31H31Cl2FN4O4. The van der Waals surface area contributed by atoms with Crippen LogP contribution in [-0.2, 0) is 15.0 Å². The molecule has 220 valence electrons. The number of aromatic carboxylic acids is 1. The third-order valence-electron chi connectivity index (χ3n) is 8.01. The Morgan fingerprint density at radius 3 is 2.48 bits per heavy atom. The molecule has 1 unspecified atom stereocenters. The number of fused-ring (bicyclic) bond motifs is 2. The van der Waals surface area contributed by atoms with Gasteiger partial charge in [-0.3, -0.25) is 9.59 Å². The average Bonchev–Trinajstić information content (AvgIpc) is 3.39. The van der Waals surface area contributed by atoms with E-state index >= 15 is 4.39 Å². The van der Waals surface area contributed by atoms with Crippen molar-refractivity contribution < 1.29 is 23.9 Å². The summed E-state index contributed by atoms with van der Waals surface area (Å²) in [5, 5.41) is 21.9. The molecule has 2 aliphatic heterocycles. The Hall–Kier alpha value is -3.66. The van der Waals surface area contributed by atoms with E-state index in [0.29, 0.717) is 34.1 Å². The molecule has 0 radical (unpaired) electrons. The summed E-state index contributed by atoms with van der Waals surface area (Å²) >= 11 is 12.5. The highest BCUT2D eigenvalue weighted by Gasteiger charge is 2.66. The van der Waals surface area contributed by atoms with Gasteiger partial charge in [0.05, 0.1) is 28.0 Å². The minimum atomic E-state index is -1.39. The maximum absolute atomic E-state index is 15.9. The first-order valence-corrected chi connectivity index (χ1v) is 14.2. The van der Waals surface area contributed by atoms with Gasteiger partial charge in [0.1, 0.15) is 11.2 Å². The van der Waals surface area contributed by atoms with Crippen molar-refractivity contribution >= 4 is 58.0 Å². The normalized spacial score (nSPS) is 23.0. The number of carbonyl (C=O) groups excluding carboxylic acids is 2. The quantitative estimate of drug-likeness (QED) is 0.224. The van der Waals surface area contributed by atoms with Crippen molar-refractivity contribution in [1.82, 2.24) is 5.32 Å². The molecule has 5 N–H and O–H groups in total. The van der Waals surface area contributed by atoms with Crippen LogP contribution >= 0.6 is 23.2 Å². The summed E-state index contributed by atoms with van der Waals surface area (Å²) in [6.07, 6.45) is 0.472. The van der Waals surface area contributed by atoms with E-state index in [9.17, 15) is 19.5 Å². The molecular weight excluding hydrogens is 582 g/mol. The lowest BCUT2D eigenvalue weighted by molar-refractivity contribution is -0.122. The molecule has 8 nitrogen and oxygen atoms in total. The Balaban J connectivity index is 1.70. The topological polar surface area (TPSA) is 120 Å². The molecule has 0 bridgehead atoms. The summed E-state index contributed by atoms with van der Waals surface area (Å²) in [6.45, 7) is 6.09. The molecule has 1 saturated heterocycles. The molecule has 1 spiro atoms. The number of carboxylic acid groups (broad SMARTS) is 1. The smallest absolute Gasteiger partial charge is 0.335 e. The van der Waals surface area contributed by atoms with Crippen LogP contribution in [0, 0.1) is 11.2 Å². The van der Waals surface area contributed by atoms with E-state index in [0.717, 1.165) is 0 Å². The predicted molar refractivity (Wildman–Crippen MR) is 162 cm³/mol. The zero-order chi connectivity index (χ0) is 30.6. The van der Waals surface area contributed by atoms with Crippen molar-refractivity contribution in [3.8, 4) is 0 Å². The van der Waals surface area contributed by atoms with Crippen molar-refractivity contribution in [1.29, 1.82) is 0 Å². The van der Waals surface area contributed by atoms with Crippen LogP contribution in [0.1, 0.15) is 54.6 Å². The van der Waals surface area contributed by atoms with Gasteiger partial charge in [-0.1, -0.05) is 62.2 Å². The lowest BCUT2D eigenvalue weighted by Crippen LogP contribution is -2.49. The molecule has 2 heterocycles. The van der Waals surface area contributed by atoms with Gasteiger partial charge in [-0.15, -0.1) is 0 Å². The highest BCUT2D eigenvalue weighted by atomic mass is 35.5. The summed E-state index contributed by atoms with van der Waals surface area (Å²) in [5.74, 6) is -3.73. The number of halogens is 3. The van der Waals surface area contributed by atoms with Crippen molar-refractivity contribution in [2.45, 2.75) is 50.6 Å².